The monoisotopic (exact) mass is 199 g/mol. The SMILES string of the molecule is CCOC(=O)C1C[C@@H]2CCO[C@H](C1)N2. The number of rotatable bonds is 2. The van der Waals surface area contributed by atoms with Crippen molar-refractivity contribution in [1.29, 1.82) is 0 Å². The number of esters is 1. The predicted molar refractivity (Wildman–Crippen MR) is 50.6 cm³/mol. The highest BCUT2D eigenvalue weighted by atomic mass is 16.5. The summed E-state index contributed by atoms with van der Waals surface area (Å²) in [5.41, 5.74) is 0. The van der Waals surface area contributed by atoms with Gasteiger partial charge in [0.2, 0.25) is 0 Å². The van der Waals surface area contributed by atoms with E-state index in [4.69, 9.17) is 9.47 Å². The van der Waals surface area contributed by atoms with Gasteiger partial charge in [0.25, 0.3) is 0 Å². The molecular weight excluding hydrogens is 182 g/mol. The zero-order chi connectivity index (χ0) is 9.97. The fraction of sp³-hybridized carbons (Fsp3) is 0.900. The molecule has 2 bridgehead atoms. The Morgan fingerprint density at radius 1 is 1.57 bits per heavy atom. The highest BCUT2D eigenvalue weighted by molar-refractivity contribution is 5.72. The maximum absolute atomic E-state index is 11.5. The zero-order valence-electron chi connectivity index (χ0n) is 8.49. The van der Waals surface area contributed by atoms with Gasteiger partial charge in [-0.2, -0.15) is 0 Å². The van der Waals surface area contributed by atoms with Crippen molar-refractivity contribution in [2.75, 3.05) is 13.2 Å². The molecule has 80 valence electrons. The number of fused-ring (bicyclic) bond motifs is 2. The molecule has 0 amide bonds. The van der Waals surface area contributed by atoms with Crippen molar-refractivity contribution in [3.63, 3.8) is 0 Å². The van der Waals surface area contributed by atoms with Crippen LogP contribution >= 0.6 is 0 Å². The lowest BCUT2D eigenvalue weighted by atomic mass is 9.89. The van der Waals surface area contributed by atoms with Gasteiger partial charge in [-0.05, 0) is 19.8 Å². The lowest BCUT2D eigenvalue weighted by molar-refractivity contribution is -0.154. The second-order valence-corrected chi connectivity index (χ2v) is 3.93. The molecule has 2 rings (SSSR count). The summed E-state index contributed by atoms with van der Waals surface area (Å²) in [6, 6.07) is 0.442. The second-order valence-electron chi connectivity index (χ2n) is 3.93. The first-order valence-corrected chi connectivity index (χ1v) is 5.34. The van der Waals surface area contributed by atoms with Crippen LogP contribution in [0.25, 0.3) is 0 Å². The van der Waals surface area contributed by atoms with Gasteiger partial charge in [0, 0.05) is 12.5 Å². The molecule has 3 atom stereocenters. The van der Waals surface area contributed by atoms with Crippen LogP contribution in [0, 0.1) is 5.92 Å². The molecule has 14 heavy (non-hydrogen) atoms. The van der Waals surface area contributed by atoms with Gasteiger partial charge in [-0.3, -0.25) is 10.1 Å². The molecular formula is C10H17NO3. The van der Waals surface area contributed by atoms with E-state index in [0.717, 1.165) is 25.9 Å². The van der Waals surface area contributed by atoms with Crippen LogP contribution in [0.4, 0.5) is 0 Å². The van der Waals surface area contributed by atoms with E-state index in [1.165, 1.54) is 0 Å². The van der Waals surface area contributed by atoms with Gasteiger partial charge in [0.1, 0.15) is 6.23 Å². The summed E-state index contributed by atoms with van der Waals surface area (Å²) < 4.78 is 10.5. The minimum Gasteiger partial charge on any atom is -0.466 e. The molecule has 2 fully saturated rings. The third-order valence-electron chi connectivity index (χ3n) is 2.89. The third kappa shape index (κ3) is 2.07. The number of carbonyl (C=O) groups is 1. The highest BCUT2D eigenvalue weighted by Gasteiger charge is 2.35. The lowest BCUT2D eigenvalue weighted by Gasteiger charge is -2.39. The largest absolute Gasteiger partial charge is 0.466 e. The van der Waals surface area contributed by atoms with E-state index in [1.807, 2.05) is 6.92 Å². The van der Waals surface area contributed by atoms with Crippen LogP contribution in [0.1, 0.15) is 26.2 Å². The van der Waals surface area contributed by atoms with Gasteiger partial charge in [-0.15, -0.1) is 0 Å². The molecule has 0 aromatic rings. The number of hydrogen-bond donors (Lipinski definition) is 1. The van der Waals surface area contributed by atoms with E-state index in [9.17, 15) is 4.79 Å². The molecule has 0 saturated carbocycles. The Kier molecular flexibility index (Phi) is 3.03. The second kappa shape index (κ2) is 4.28. The topological polar surface area (TPSA) is 47.6 Å². The fourth-order valence-corrected chi connectivity index (χ4v) is 2.22. The summed E-state index contributed by atoms with van der Waals surface area (Å²) in [7, 11) is 0. The Bertz CT molecular complexity index is 207. The van der Waals surface area contributed by atoms with Crippen LogP contribution in [0.5, 0.6) is 0 Å². The molecule has 2 aliphatic heterocycles. The van der Waals surface area contributed by atoms with E-state index in [2.05, 4.69) is 5.32 Å². The standard InChI is InChI=1S/C10H17NO3/c1-2-13-10(12)7-5-8-3-4-14-9(6-7)11-8/h7-9,11H,2-6H2,1H3/t7?,8-,9+/m0/s1. The van der Waals surface area contributed by atoms with Crippen LogP contribution < -0.4 is 5.32 Å². The average molecular weight is 199 g/mol. The van der Waals surface area contributed by atoms with E-state index < -0.39 is 0 Å². The molecule has 0 aromatic heterocycles. The number of carbonyl (C=O) groups excluding carboxylic acids is 1. The smallest absolute Gasteiger partial charge is 0.309 e. The van der Waals surface area contributed by atoms with Gasteiger partial charge in [-0.25, -0.2) is 0 Å². The fourth-order valence-electron chi connectivity index (χ4n) is 2.22. The van der Waals surface area contributed by atoms with Crippen LogP contribution in [-0.4, -0.2) is 31.5 Å². The molecule has 2 aliphatic rings. The molecule has 0 aliphatic carbocycles. The zero-order valence-corrected chi connectivity index (χ0v) is 8.49. The maximum atomic E-state index is 11.5. The molecule has 2 heterocycles. The van der Waals surface area contributed by atoms with Crippen molar-refractivity contribution in [2.24, 2.45) is 5.92 Å². The Labute approximate surface area is 84.0 Å². The Morgan fingerprint density at radius 3 is 3.14 bits per heavy atom. The summed E-state index contributed by atoms with van der Waals surface area (Å²) in [5.74, 6) is -0.0269. The maximum Gasteiger partial charge on any atom is 0.309 e. The summed E-state index contributed by atoms with van der Waals surface area (Å²) in [4.78, 5) is 11.5. The van der Waals surface area contributed by atoms with Crippen molar-refractivity contribution in [3.05, 3.63) is 0 Å². The van der Waals surface area contributed by atoms with Crippen molar-refractivity contribution in [3.8, 4) is 0 Å². The summed E-state index contributed by atoms with van der Waals surface area (Å²) in [5, 5.41) is 3.35. The van der Waals surface area contributed by atoms with Crippen LogP contribution in [0.3, 0.4) is 0 Å². The van der Waals surface area contributed by atoms with Crippen LogP contribution in [0.15, 0.2) is 0 Å². The van der Waals surface area contributed by atoms with Crippen LogP contribution in [-0.2, 0) is 14.3 Å². The summed E-state index contributed by atoms with van der Waals surface area (Å²) in [6.07, 6.45) is 2.73. The molecule has 0 spiro atoms. The summed E-state index contributed by atoms with van der Waals surface area (Å²) >= 11 is 0. The number of ether oxygens (including phenoxy) is 2. The first kappa shape index (κ1) is 9.93. The van der Waals surface area contributed by atoms with Gasteiger partial charge in [0.05, 0.1) is 19.1 Å². The highest BCUT2D eigenvalue weighted by Crippen LogP contribution is 2.26. The first-order valence-electron chi connectivity index (χ1n) is 5.34. The predicted octanol–water partition coefficient (Wildman–Crippen LogP) is 0.664. The quantitative estimate of drug-likeness (QED) is 0.664. The van der Waals surface area contributed by atoms with E-state index in [1.54, 1.807) is 0 Å². The molecule has 0 aromatic carbocycles. The molecule has 1 unspecified atom stereocenters. The van der Waals surface area contributed by atoms with Gasteiger partial charge in [-0.1, -0.05) is 0 Å². The Hall–Kier alpha value is -0.610. The lowest BCUT2D eigenvalue weighted by Crippen LogP contribution is -2.52. The van der Waals surface area contributed by atoms with Crippen LogP contribution in [0.2, 0.25) is 0 Å². The van der Waals surface area contributed by atoms with E-state index >= 15 is 0 Å². The molecule has 4 heteroatoms. The van der Waals surface area contributed by atoms with Crippen molar-refractivity contribution in [2.45, 2.75) is 38.5 Å². The minimum atomic E-state index is -0.0606. The molecule has 2 saturated heterocycles. The van der Waals surface area contributed by atoms with Gasteiger partial charge in [0.15, 0.2) is 0 Å². The summed E-state index contributed by atoms with van der Waals surface area (Å²) in [6.45, 7) is 3.13. The van der Waals surface area contributed by atoms with Crippen molar-refractivity contribution < 1.29 is 14.3 Å². The minimum absolute atomic E-state index is 0.0338. The number of nitrogens with one attached hydrogen (secondary N) is 1. The number of piperidine rings is 1. The molecule has 4 nitrogen and oxygen atoms in total. The van der Waals surface area contributed by atoms with Crippen molar-refractivity contribution >= 4 is 5.97 Å². The average Bonchev–Trinajstić information content (AvgIpc) is 2.17. The molecule has 1 N–H and O–H groups in total. The van der Waals surface area contributed by atoms with E-state index in [-0.39, 0.29) is 18.1 Å². The molecule has 0 radical (unpaired) electrons. The van der Waals surface area contributed by atoms with Crippen molar-refractivity contribution in [1.82, 2.24) is 5.32 Å². The Balaban J connectivity index is 1.91. The Morgan fingerprint density at radius 2 is 2.43 bits per heavy atom. The van der Waals surface area contributed by atoms with E-state index in [0.29, 0.717) is 12.6 Å². The first-order chi connectivity index (χ1) is 6.79. The third-order valence-corrected chi connectivity index (χ3v) is 2.89. The van der Waals surface area contributed by atoms with Gasteiger partial charge < -0.3 is 9.47 Å². The number of hydrogen-bond acceptors (Lipinski definition) is 4. The normalized spacial score (nSPS) is 36.5. The van der Waals surface area contributed by atoms with Gasteiger partial charge >= 0.3 is 5.97 Å².